The fraction of sp³-hybridized carbons (Fsp3) is 0.476. The molecule has 3 nitrogen and oxygen atoms in total. The van der Waals surface area contributed by atoms with Crippen molar-refractivity contribution in [3.8, 4) is 5.75 Å². The van der Waals surface area contributed by atoms with Gasteiger partial charge < -0.3 is 15.4 Å². The lowest BCUT2D eigenvalue weighted by atomic mass is 9.83. The quantitative estimate of drug-likeness (QED) is 0.0988. The van der Waals surface area contributed by atoms with E-state index in [4.69, 9.17) is 16.3 Å². The first-order valence-corrected chi connectivity index (χ1v) is 17.4. The number of ether oxygens (including phenoxy) is 1. The molecule has 0 saturated carbocycles. The van der Waals surface area contributed by atoms with Crippen molar-refractivity contribution in [3.63, 3.8) is 0 Å². The van der Waals surface area contributed by atoms with E-state index in [0.717, 1.165) is 55.6 Å². The van der Waals surface area contributed by atoms with Gasteiger partial charge in [0.2, 0.25) is 0 Å². The third kappa shape index (κ3) is 14.1. The van der Waals surface area contributed by atoms with Crippen molar-refractivity contribution >= 4 is 11.6 Å². The van der Waals surface area contributed by atoms with Crippen LogP contribution in [-0.4, -0.2) is 19.7 Å². The summed E-state index contributed by atoms with van der Waals surface area (Å²) in [5, 5.41) is 7.85. The van der Waals surface area contributed by atoms with Crippen LogP contribution < -0.4 is 15.4 Å². The molecular weight excluding hydrogens is 584 g/mol. The Balaban J connectivity index is 2.01. The molecule has 0 heterocycles. The molecule has 2 rings (SSSR count). The minimum Gasteiger partial charge on any atom is -0.495 e. The van der Waals surface area contributed by atoms with E-state index in [-0.39, 0.29) is 6.04 Å². The predicted molar refractivity (Wildman–Crippen MR) is 202 cm³/mol. The minimum atomic E-state index is -0.0731. The number of nitrogens with one attached hydrogen (secondary N) is 2. The normalized spacial score (nSPS) is 14.7. The van der Waals surface area contributed by atoms with Crippen LogP contribution in [0.15, 0.2) is 110 Å². The van der Waals surface area contributed by atoms with Gasteiger partial charge in [-0.05, 0) is 104 Å². The average Bonchev–Trinajstić information content (AvgIpc) is 3.01. The van der Waals surface area contributed by atoms with Crippen LogP contribution >= 0.6 is 11.6 Å². The monoisotopic (exact) mass is 644 g/mol. The van der Waals surface area contributed by atoms with Crippen LogP contribution in [0.3, 0.4) is 0 Å². The molecule has 252 valence electrons. The lowest BCUT2D eigenvalue weighted by Gasteiger charge is -2.27. The van der Waals surface area contributed by atoms with Gasteiger partial charge in [0, 0.05) is 17.9 Å². The van der Waals surface area contributed by atoms with Crippen LogP contribution in [0, 0.1) is 29.6 Å². The van der Waals surface area contributed by atoms with Crippen molar-refractivity contribution in [2.24, 2.45) is 29.6 Å². The fourth-order valence-electron chi connectivity index (χ4n) is 5.76. The van der Waals surface area contributed by atoms with Crippen LogP contribution in [0.2, 0.25) is 5.02 Å². The number of benzene rings is 2. The van der Waals surface area contributed by atoms with Crippen molar-refractivity contribution in [3.05, 3.63) is 126 Å². The van der Waals surface area contributed by atoms with E-state index in [9.17, 15) is 0 Å². The van der Waals surface area contributed by atoms with Gasteiger partial charge in [0.1, 0.15) is 5.75 Å². The Kier molecular flexibility index (Phi) is 17.1. The minimum absolute atomic E-state index is 0.0731. The lowest BCUT2D eigenvalue weighted by molar-refractivity contribution is 0.365. The zero-order chi connectivity index (χ0) is 34.2. The van der Waals surface area contributed by atoms with Crippen LogP contribution in [0.1, 0.15) is 78.4 Å². The molecule has 4 unspecified atom stereocenters. The molecule has 0 aliphatic rings. The maximum Gasteiger partial charge on any atom is 0.137 e. The van der Waals surface area contributed by atoms with Crippen molar-refractivity contribution in [2.75, 3.05) is 13.7 Å². The van der Waals surface area contributed by atoms with Gasteiger partial charge in [0.15, 0.2) is 0 Å². The van der Waals surface area contributed by atoms with E-state index < -0.39 is 0 Å². The Morgan fingerprint density at radius 3 is 2.22 bits per heavy atom. The van der Waals surface area contributed by atoms with Crippen molar-refractivity contribution < 1.29 is 4.74 Å². The number of rotatable bonds is 22. The van der Waals surface area contributed by atoms with Gasteiger partial charge in [-0.15, -0.1) is 0 Å². The number of halogens is 1. The molecule has 0 bridgehead atoms. The summed E-state index contributed by atoms with van der Waals surface area (Å²) in [7, 11) is 1.63. The standard InChI is InChI=1S/C42H61ClN2O/c1-29(2)23-39(30(3)4)25-33(7)34(8)28-44-36(10)41(27-38-21-22-42(46-11)40(43)26-38)45-35(9)18-16-15-17-31(5)32(6)24-37-19-13-12-14-20-37/h12-14,16,18-22,26,29,31-32,34,39,41,44-45H,3,7,9-10,15,17,23-25,27-28H2,1-2,4-6,8,11H3/b18-16+/t31?,32?,34?,39?,41-/m1/s1. The molecule has 0 spiro atoms. The predicted octanol–water partition coefficient (Wildman–Crippen LogP) is 11.1. The van der Waals surface area contributed by atoms with Gasteiger partial charge in [-0.3, -0.25) is 0 Å². The summed E-state index contributed by atoms with van der Waals surface area (Å²) in [5.74, 6) is 3.34. The van der Waals surface area contributed by atoms with E-state index >= 15 is 0 Å². The van der Waals surface area contributed by atoms with E-state index in [1.54, 1.807) is 7.11 Å². The van der Waals surface area contributed by atoms with E-state index in [1.807, 2.05) is 12.1 Å². The topological polar surface area (TPSA) is 33.3 Å². The second kappa shape index (κ2) is 20.1. The SMILES string of the molecule is C=C(/C=C/CCC(C)C(C)Cc1ccccc1)N[C@H](Cc1ccc(OC)c(Cl)c1)C(=C)NCC(C)C(=C)CC(CC(C)C)C(=C)C. The number of allylic oxidation sites excluding steroid dienone is 3. The van der Waals surface area contributed by atoms with Gasteiger partial charge in [-0.2, -0.15) is 0 Å². The Morgan fingerprint density at radius 1 is 0.913 bits per heavy atom. The summed E-state index contributed by atoms with van der Waals surface area (Å²) >= 11 is 6.48. The van der Waals surface area contributed by atoms with Crippen LogP contribution in [0.5, 0.6) is 5.75 Å². The zero-order valence-corrected chi connectivity index (χ0v) is 30.6. The molecule has 0 aliphatic carbocycles. The van der Waals surface area contributed by atoms with E-state index in [0.29, 0.717) is 46.8 Å². The maximum absolute atomic E-state index is 6.48. The highest BCUT2D eigenvalue weighted by molar-refractivity contribution is 6.32. The molecule has 2 aromatic rings. The lowest BCUT2D eigenvalue weighted by Crippen LogP contribution is -2.38. The van der Waals surface area contributed by atoms with Crippen LogP contribution in [0.25, 0.3) is 0 Å². The zero-order valence-electron chi connectivity index (χ0n) is 29.8. The Hall–Kier alpha value is -3.17. The molecule has 0 radical (unpaired) electrons. The Labute approximate surface area is 287 Å². The van der Waals surface area contributed by atoms with Crippen molar-refractivity contribution in [1.29, 1.82) is 0 Å². The summed E-state index contributed by atoms with van der Waals surface area (Å²) < 4.78 is 5.37. The van der Waals surface area contributed by atoms with E-state index in [1.165, 1.54) is 16.7 Å². The number of methoxy groups -OCH3 is 1. The molecular formula is C42H61ClN2O. The smallest absolute Gasteiger partial charge is 0.137 e. The highest BCUT2D eigenvalue weighted by Gasteiger charge is 2.19. The first kappa shape index (κ1) is 39.0. The third-order valence-electron chi connectivity index (χ3n) is 9.21. The van der Waals surface area contributed by atoms with Crippen LogP contribution in [0.4, 0.5) is 0 Å². The first-order valence-electron chi connectivity index (χ1n) is 17.0. The summed E-state index contributed by atoms with van der Waals surface area (Å²) in [6, 6.07) is 16.6. The van der Waals surface area contributed by atoms with Gasteiger partial charge >= 0.3 is 0 Å². The second-order valence-electron chi connectivity index (χ2n) is 13.9. The summed E-state index contributed by atoms with van der Waals surface area (Å²) in [6.45, 7) is 31.9. The number of hydrogen-bond acceptors (Lipinski definition) is 3. The second-order valence-corrected chi connectivity index (χ2v) is 14.3. The van der Waals surface area contributed by atoms with Gasteiger partial charge in [-0.25, -0.2) is 0 Å². The molecule has 0 fully saturated rings. The highest BCUT2D eigenvalue weighted by Crippen LogP contribution is 2.29. The molecule has 2 N–H and O–H groups in total. The summed E-state index contributed by atoms with van der Waals surface area (Å²) in [6.07, 6.45) is 10.4. The Morgan fingerprint density at radius 2 is 1.61 bits per heavy atom. The van der Waals surface area contributed by atoms with Crippen molar-refractivity contribution in [2.45, 2.75) is 86.1 Å². The van der Waals surface area contributed by atoms with Gasteiger partial charge in [0.05, 0.1) is 18.2 Å². The molecule has 0 aliphatic heterocycles. The largest absolute Gasteiger partial charge is 0.495 e. The highest BCUT2D eigenvalue weighted by atomic mass is 35.5. The maximum atomic E-state index is 6.48. The average molecular weight is 645 g/mol. The molecule has 46 heavy (non-hydrogen) atoms. The fourth-order valence-corrected chi connectivity index (χ4v) is 6.04. The molecule has 0 amide bonds. The summed E-state index contributed by atoms with van der Waals surface area (Å²) in [5.41, 5.74) is 6.79. The molecule has 5 atom stereocenters. The van der Waals surface area contributed by atoms with Crippen molar-refractivity contribution in [1.82, 2.24) is 10.6 Å². The summed E-state index contributed by atoms with van der Waals surface area (Å²) in [4.78, 5) is 0. The first-order chi connectivity index (χ1) is 21.8. The van der Waals surface area contributed by atoms with E-state index in [2.05, 4.69) is 127 Å². The molecule has 0 aromatic heterocycles. The van der Waals surface area contributed by atoms with Gasteiger partial charge in [-0.1, -0.05) is 126 Å². The Bertz CT molecular complexity index is 1290. The van der Waals surface area contributed by atoms with Crippen LogP contribution in [-0.2, 0) is 12.8 Å². The number of hydrogen-bond donors (Lipinski definition) is 2. The molecule has 2 aromatic carbocycles. The van der Waals surface area contributed by atoms with Gasteiger partial charge in [0.25, 0.3) is 0 Å². The molecule has 0 saturated heterocycles. The molecule has 4 heteroatoms. The third-order valence-corrected chi connectivity index (χ3v) is 9.50.